The van der Waals surface area contributed by atoms with Crippen molar-refractivity contribution in [3.05, 3.63) is 12.2 Å². The average Bonchev–Trinajstić information content (AvgIpc) is 2.34. The normalized spacial score (nSPS) is 43.3. The minimum absolute atomic E-state index is 0.246. The zero-order valence-corrected chi connectivity index (χ0v) is 12.0. The van der Waals surface area contributed by atoms with Gasteiger partial charge in [0.25, 0.3) is 0 Å². The van der Waals surface area contributed by atoms with Crippen molar-refractivity contribution in [1.29, 1.82) is 0 Å². The van der Waals surface area contributed by atoms with Crippen LogP contribution in [0.2, 0.25) is 0 Å². The lowest BCUT2D eigenvalue weighted by molar-refractivity contribution is -0.220. The molecule has 0 heterocycles. The zero-order valence-electron chi connectivity index (χ0n) is 12.0. The van der Waals surface area contributed by atoms with E-state index in [-0.39, 0.29) is 11.6 Å². The van der Waals surface area contributed by atoms with Gasteiger partial charge in [-0.05, 0) is 50.9 Å². The van der Waals surface area contributed by atoms with Crippen LogP contribution in [0.15, 0.2) is 12.2 Å². The van der Waals surface area contributed by atoms with E-state index in [4.69, 9.17) is 9.47 Å². The first-order chi connectivity index (χ1) is 9.05. The van der Waals surface area contributed by atoms with Crippen molar-refractivity contribution >= 4 is 5.97 Å². The summed E-state index contributed by atoms with van der Waals surface area (Å²) in [5.41, 5.74) is 0.113. The van der Waals surface area contributed by atoms with Gasteiger partial charge in [0.1, 0.15) is 5.60 Å². The monoisotopic (exact) mass is 264 g/mol. The van der Waals surface area contributed by atoms with Crippen LogP contribution in [-0.2, 0) is 14.3 Å². The summed E-state index contributed by atoms with van der Waals surface area (Å²) in [6, 6.07) is 0. The number of methoxy groups -OCH3 is 1. The number of carbonyl (C=O) groups excluding carboxylic acids is 1. The number of ether oxygens (including phenoxy) is 2. The van der Waals surface area contributed by atoms with Gasteiger partial charge in [0, 0.05) is 24.5 Å². The molecule has 0 aliphatic heterocycles. The van der Waals surface area contributed by atoms with E-state index in [2.05, 4.69) is 6.58 Å². The molecule has 106 valence electrons. The number of rotatable bonds is 4. The molecule has 0 aromatic carbocycles. The second kappa shape index (κ2) is 4.62. The molecule has 0 amide bonds. The van der Waals surface area contributed by atoms with E-state index in [0.29, 0.717) is 24.0 Å². The third-order valence-corrected chi connectivity index (χ3v) is 5.52. The zero-order chi connectivity index (χ0) is 13.6. The van der Waals surface area contributed by atoms with Gasteiger partial charge in [-0.15, -0.1) is 0 Å². The van der Waals surface area contributed by atoms with Gasteiger partial charge in [0.2, 0.25) is 0 Å². The van der Waals surface area contributed by atoms with Gasteiger partial charge in [0.15, 0.2) is 0 Å². The van der Waals surface area contributed by atoms with E-state index in [0.717, 1.165) is 11.8 Å². The summed E-state index contributed by atoms with van der Waals surface area (Å²) in [4.78, 5) is 12.0. The maximum absolute atomic E-state index is 12.0. The quantitative estimate of drug-likeness (QED) is 0.578. The molecule has 0 atom stereocenters. The van der Waals surface area contributed by atoms with Gasteiger partial charge in [-0.3, -0.25) is 0 Å². The number of esters is 1. The summed E-state index contributed by atoms with van der Waals surface area (Å²) >= 11 is 0. The highest BCUT2D eigenvalue weighted by atomic mass is 16.6. The molecule has 0 saturated heterocycles. The minimum Gasteiger partial charge on any atom is -0.453 e. The molecule has 4 fully saturated rings. The molecular formula is C16H24O3. The highest BCUT2D eigenvalue weighted by molar-refractivity contribution is 5.87. The smallest absolute Gasteiger partial charge is 0.333 e. The SMILES string of the molecule is C=C(C)C(=O)OC1(COC)C2CC3CC(C2)CC1C3. The van der Waals surface area contributed by atoms with Crippen LogP contribution in [0, 0.1) is 23.7 Å². The summed E-state index contributed by atoms with van der Waals surface area (Å²) < 4.78 is 11.4. The van der Waals surface area contributed by atoms with Crippen LogP contribution < -0.4 is 0 Å². The van der Waals surface area contributed by atoms with Crippen LogP contribution in [0.1, 0.15) is 39.0 Å². The summed E-state index contributed by atoms with van der Waals surface area (Å²) in [6.07, 6.45) is 6.23. The van der Waals surface area contributed by atoms with Gasteiger partial charge < -0.3 is 9.47 Å². The van der Waals surface area contributed by atoms with Crippen LogP contribution >= 0.6 is 0 Å². The van der Waals surface area contributed by atoms with E-state index in [9.17, 15) is 4.79 Å². The largest absolute Gasteiger partial charge is 0.453 e. The topological polar surface area (TPSA) is 35.5 Å². The van der Waals surface area contributed by atoms with Crippen molar-refractivity contribution in [3.63, 3.8) is 0 Å². The van der Waals surface area contributed by atoms with E-state index in [1.165, 1.54) is 32.1 Å². The summed E-state index contributed by atoms with van der Waals surface area (Å²) in [5.74, 6) is 2.45. The lowest BCUT2D eigenvalue weighted by Gasteiger charge is -2.59. The maximum Gasteiger partial charge on any atom is 0.333 e. The van der Waals surface area contributed by atoms with Gasteiger partial charge in [-0.1, -0.05) is 6.58 Å². The molecule has 0 aromatic rings. The van der Waals surface area contributed by atoms with Crippen molar-refractivity contribution < 1.29 is 14.3 Å². The fourth-order valence-corrected chi connectivity index (χ4v) is 4.90. The van der Waals surface area contributed by atoms with Gasteiger partial charge >= 0.3 is 5.97 Å². The predicted octanol–water partition coefficient (Wildman–Crippen LogP) is 2.95. The third kappa shape index (κ3) is 2.03. The summed E-state index contributed by atoms with van der Waals surface area (Å²) in [6.45, 7) is 5.98. The molecule has 4 aliphatic carbocycles. The highest BCUT2D eigenvalue weighted by Crippen LogP contribution is 2.59. The van der Waals surface area contributed by atoms with E-state index >= 15 is 0 Å². The van der Waals surface area contributed by atoms with Crippen molar-refractivity contribution in [2.75, 3.05) is 13.7 Å². The third-order valence-electron chi connectivity index (χ3n) is 5.52. The van der Waals surface area contributed by atoms with E-state index in [1.54, 1.807) is 14.0 Å². The molecule has 4 rings (SSSR count). The second-order valence-corrected chi connectivity index (χ2v) is 6.86. The molecule has 0 aromatic heterocycles. The molecule has 0 radical (unpaired) electrons. The van der Waals surface area contributed by atoms with Crippen molar-refractivity contribution in [3.8, 4) is 0 Å². The lowest BCUT2D eigenvalue weighted by atomic mass is 9.50. The Morgan fingerprint density at radius 2 is 1.68 bits per heavy atom. The standard InChI is InChI=1S/C16H24O3/c1-10(2)15(17)19-16(9-18-3)13-5-11-4-12(7-13)8-14(16)6-11/h11-14H,1,4-9H2,2-3H3. The minimum atomic E-state index is -0.377. The summed E-state index contributed by atoms with van der Waals surface area (Å²) in [7, 11) is 1.71. The van der Waals surface area contributed by atoms with Crippen molar-refractivity contribution in [2.24, 2.45) is 23.7 Å². The number of hydrogen-bond acceptors (Lipinski definition) is 3. The van der Waals surface area contributed by atoms with Crippen molar-refractivity contribution in [1.82, 2.24) is 0 Å². The van der Waals surface area contributed by atoms with Gasteiger partial charge in [-0.25, -0.2) is 4.79 Å². The van der Waals surface area contributed by atoms with Crippen LogP contribution in [0.4, 0.5) is 0 Å². The Hall–Kier alpha value is -0.830. The molecule has 0 N–H and O–H groups in total. The maximum atomic E-state index is 12.0. The molecule has 0 unspecified atom stereocenters. The van der Waals surface area contributed by atoms with Gasteiger partial charge in [-0.2, -0.15) is 0 Å². The second-order valence-electron chi connectivity index (χ2n) is 6.86. The average molecular weight is 264 g/mol. The van der Waals surface area contributed by atoms with E-state index in [1.807, 2.05) is 0 Å². The fraction of sp³-hybridized carbons (Fsp3) is 0.812. The first-order valence-electron chi connectivity index (χ1n) is 7.43. The number of carbonyl (C=O) groups is 1. The Morgan fingerprint density at radius 1 is 1.16 bits per heavy atom. The predicted molar refractivity (Wildman–Crippen MR) is 72.6 cm³/mol. The lowest BCUT2D eigenvalue weighted by Crippen LogP contribution is -2.62. The molecule has 19 heavy (non-hydrogen) atoms. The van der Waals surface area contributed by atoms with Crippen LogP contribution in [0.25, 0.3) is 0 Å². The molecule has 4 bridgehead atoms. The molecule has 3 nitrogen and oxygen atoms in total. The van der Waals surface area contributed by atoms with E-state index < -0.39 is 0 Å². The van der Waals surface area contributed by atoms with Crippen LogP contribution in [0.3, 0.4) is 0 Å². The Bertz CT molecular complexity index is 371. The first-order valence-corrected chi connectivity index (χ1v) is 7.43. The Labute approximate surface area is 115 Å². The molecule has 4 aliphatic rings. The number of hydrogen-bond donors (Lipinski definition) is 0. The Morgan fingerprint density at radius 3 is 2.11 bits per heavy atom. The van der Waals surface area contributed by atoms with Crippen molar-refractivity contribution in [2.45, 2.75) is 44.6 Å². The Kier molecular flexibility index (Phi) is 3.20. The molecule has 4 saturated carbocycles. The Balaban J connectivity index is 1.87. The summed E-state index contributed by atoms with van der Waals surface area (Å²) in [5, 5.41) is 0. The molecule has 0 spiro atoms. The first kappa shape index (κ1) is 13.2. The van der Waals surface area contributed by atoms with Crippen LogP contribution in [0.5, 0.6) is 0 Å². The fourth-order valence-electron chi connectivity index (χ4n) is 4.90. The van der Waals surface area contributed by atoms with Crippen LogP contribution in [-0.4, -0.2) is 25.3 Å². The molecule has 3 heteroatoms. The highest BCUT2D eigenvalue weighted by Gasteiger charge is 2.59. The van der Waals surface area contributed by atoms with Gasteiger partial charge in [0.05, 0.1) is 6.61 Å². The molecular weight excluding hydrogens is 240 g/mol.